The summed E-state index contributed by atoms with van der Waals surface area (Å²) in [4.78, 5) is 11.3. The standard InChI is InChI=1S/C22H24N6/c1-26-16-23-13-21(26)19-12-22-24-10-9-20(28(22)25-19)18-8-5-11-27(15-18)14-17-6-3-2-4-7-17/h2-4,6-7,9-10,12-13,16,18H,5,8,11,14-15H2,1H3. The molecule has 5 rings (SSSR count). The lowest BCUT2D eigenvalue weighted by atomic mass is 9.94. The van der Waals surface area contributed by atoms with E-state index in [4.69, 9.17) is 5.10 Å². The van der Waals surface area contributed by atoms with Crippen LogP contribution >= 0.6 is 0 Å². The van der Waals surface area contributed by atoms with E-state index in [1.54, 1.807) is 6.33 Å². The number of nitrogens with zero attached hydrogens (tertiary/aromatic N) is 6. The summed E-state index contributed by atoms with van der Waals surface area (Å²) < 4.78 is 4.02. The highest BCUT2D eigenvalue weighted by molar-refractivity contribution is 5.60. The van der Waals surface area contributed by atoms with Gasteiger partial charge in [0.1, 0.15) is 5.69 Å². The average Bonchev–Trinajstić information content (AvgIpc) is 3.34. The molecule has 1 aliphatic rings. The largest absolute Gasteiger partial charge is 0.332 e. The highest BCUT2D eigenvalue weighted by Gasteiger charge is 2.24. The predicted molar refractivity (Wildman–Crippen MR) is 109 cm³/mol. The number of likely N-dealkylation sites (tertiary alicyclic amines) is 1. The normalized spacial score (nSPS) is 18.0. The van der Waals surface area contributed by atoms with Gasteiger partial charge in [0.05, 0.1) is 23.9 Å². The second-order valence-corrected chi connectivity index (χ2v) is 7.62. The van der Waals surface area contributed by atoms with Gasteiger partial charge in [0.25, 0.3) is 0 Å². The molecule has 142 valence electrons. The van der Waals surface area contributed by atoms with Gasteiger partial charge in [-0.2, -0.15) is 5.10 Å². The van der Waals surface area contributed by atoms with Crippen LogP contribution in [0.25, 0.3) is 17.0 Å². The molecule has 0 spiro atoms. The van der Waals surface area contributed by atoms with Crippen LogP contribution < -0.4 is 0 Å². The maximum absolute atomic E-state index is 4.88. The molecule has 28 heavy (non-hydrogen) atoms. The number of hydrogen-bond acceptors (Lipinski definition) is 4. The quantitative estimate of drug-likeness (QED) is 0.550. The van der Waals surface area contributed by atoms with Crippen LogP contribution in [0.2, 0.25) is 0 Å². The van der Waals surface area contributed by atoms with Crippen LogP contribution in [-0.2, 0) is 13.6 Å². The van der Waals surface area contributed by atoms with Crippen molar-refractivity contribution in [1.29, 1.82) is 0 Å². The summed E-state index contributed by atoms with van der Waals surface area (Å²) in [6.07, 6.45) is 7.96. The van der Waals surface area contributed by atoms with E-state index in [-0.39, 0.29) is 0 Å². The van der Waals surface area contributed by atoms with E-state index in [0.29, 0.717) is 5.92 Å². The molecule has 0 aliphatic carbocycles. The molecule has 3 aromatic heterocycles. The third-order valence-electron chi connectivity index (χ3n) is 5.64. The monoisotopic (exact) mass is 372 g/mol. The molecule has 4 aromatic rings. The first-order valence-electron chi connectivity index (χ1n) is 9.85. The van der Waals surface area contributed by atoms with Crippen molar-refractivity contribution in [2.24, 2.45) is 7.05 Å². The molecule has 6 nitrogen and oxygen atoms in total. The van der Waals surface area contributed by atoms with E-state index in [0.717, 1.165) is 36.7 Å². The molecule has 0 radical (unpaired) electrons. The Morgan fingerprint density at radius 1 is 1.14 bits per heavy atom. The van der Waals surface area contributed by atoms with Crippen molar-refractivity contribution < 1.29 is 0 Å². The van der Waals surface area contributed by atoms with Crippen LogP contribution in [0.4, 0.5) is 0 Å². The van der Waals surface area contributed by atoms with Gasteiger partial charge in [0, 0.05) is 38.3 Å². The Bertz CT molecular complexity index is 1080. The van der Waals surface area contributed by atoms with E-state index < -0.39 is 0 Å². The zero-order valence-corrected chi connectivity index (χ0v) is 16.1. The first-order chi connectivity index (χ1) is 13.8. The Morgan fingerprint density at radius 3 is 2.86 bits per heavy atom. The van der Waals surface area contributed by atoms with Gasteiger partial charge in [-0.05, 0) is 31.0 Å². The summed E-state index contributed by atoms with van der Waals surface area (Å²) >= 11 is 0. The maximum Gasteiger partial charge on any atom is 0.155 e. The first kappa shape index (κ1) is 17.1. The molecule has 0 amide bonds. The van der Waals surface area contributed by atoms with Gasteiger partial charge in [0.15, 0.2) is 5.65 Å². The number of piperidine rings is 1. The lowest BCUT2D eigenvalue weighted by Gasteiger charge is -2.33. The van der Waals surface area contributed by atoms with E-state index in [9.17, 15) is 0 Å². The van der Waals surface area contributed by atoms with Gasteiger partial charge in [-0.25, -0.2) is 14.5 Å². The second kappa shape index (κ2) is 7.20. The van der Waals surface area contributed by atoms with Crippen LogP contribution in [-0.4, -0.2) is 42.1 Å². The molecule has 0 bridgehead atoms. The Morgan fingerprint density at radius 2 is 2.04 bits per heavy atom. The highest BCUT2D eigenvalue weighted by Crippen LogP contribution is 2.29. The predicted octanol–water partition coefficient (Wildman–Crippen LogP) is 3.51. The molecule has 0 N–H and O–H groups in total. The zero-order valence-electron chi connectivity index (χ0n) is 16.1. The maximum atomic E-state index is 4.88. The Kier molecular flexibility index (Phi) is 4.41. The molecular weight excluding hydrogens is 348 g/mol. The number of aryl methyl sites for hydroxylation is 1. The minimum absolute atomic E-state index is 0.460. The highest BCUT2D eigenvalue weighted by atomic mass is 15.3. The number of fused-ring (bicyclic) bond motifs is 1. The fraction of sp³-hybridized carbons (Fsp3) is 0.318. The summed E-state index contributed by atoms with van der Waals surface area (Å²) in [5, 5.41) is 4.88. The lowest BCUT2D eigenvalue weighted by Crippen LogP contribution is -2.34. The smallest absolute Gasteiger partial charge is 0.155 e. The van der Waals surface area contributed by atoms with Gasteiger partial charge >= 0.3 is 0 Å². The average molecular weight is 372 g/mol. The Balaban J connectivity index is 1.43. The number of benzene rings is 1. The van der Waals surface area contributed by atoms with Crippen molar-refractivity contribution >= 4 is 5.65 Å². The second-order valence-electron chi connectivity index (χ2n) is 7.62. The summed E-state index contributed by atoms with van der Waals surface area (Å²) in [6.45, 7) is 3.21. The third kappa shape index (κ3) is 3.20. The van der Waals surface area contributed by atoms with Crippen molar-refractivity contribution in [3.8, 4) is 11.4 Å². The van der Waals surface area contributed by atoms with Gasteiger partial charge < -0.3 is 4.57 Å². The molecular formula is C22H24N6. The Hall–Kier alpha value is -2.99. The fourth-order valence-corrected chi connectivity index (χ4v) is 4.23. The topological polar surface area (TPSA) is 51.2 Å². The van der Waals surface area contributed by atoms with Gasteiger partial charge in [-0.15, -0.1) is 0 Å². The Labute approximate surface area is 164 Å². The van der Waals surface area contributed by atoms with Crippen molar-refractivity contribution in [3.05, 3.63) is 72.4 Å². The van der Waals surface area contributed by atoms with Gasteiger partial charge in [-0.3, -0.25) is 4.90 Å². The van der Waals surface area contributed by atoms with E-state index >= 15 is 0 Å². The summed E-state index contributed by atoms with van der Waals surface area (Å²) in [7, 11) is 1.99. The van der Waals surface area contributed by atoms with Crippen molar-refractivity contribution in [1.82, 2.24) is 29.0 Å². The zero-order chi connectivity index (χ0) is 18.9. The molecule has 1 aliphatic heterocycles. The van der Waals surface area contributed by atoms with E-state index in [2.05, 4.69) is 51.3 Å². The molecule has 1 unspecified atom stereocenters. The number of rotatable bonds is 4. The molecule has 1 saturated heterocycles. The molecule has 0 saturated carbocycles. The van der Waals surface area contributed by atoms with E-state index in [1.807, 2.05) is 34.6 Å². The molecule has 4 heterocycles. The number of hydrogen-bond donors (Lipinski definition) is 0. The minimum atomic E-state index is 0.460. The first-order valence-corrected chi connectivity index (χ1v) is 9.85. The fourth-order valence-electron chi connectivity index (χ4n) is 4.23. The summed E-state index contributed by atoms with van der Waals surface area (Å²) in [5.74, 6) is 0.460. The lowest BCUT2D eigenvalue weighted by molar-refractivity contribution is 0.197. The van der Waals surface area contributed by atoms with Crippen LogP contribution in [0.5, 0.6) is 0 Å². The van der Waals surface area contributed by atoms with Gasteiger partial charge in [0.2, 0.25) is 0 Å². The van der Waals surface area contributed by atoms with Crippen LogP contribution in [0, 0.1) is 0 Å². The molecule has 1 fully saturated rings. The third-order valence-corrected chi connectivity index (χ3v) is 5.64. The molecule has 1 aromatic carbocycles. The van der Waals surface area contributed by atoms with Crippen molar-refractivity contribution in [3.63, 3.8) is 0 Å². The van der Waals surface area contributed by atoms with Crippen LogP contribution in [0.3, 0.4) is 0 Å². The van der Waals surface area contributed by atoms with Crippen molar-refractivity contribution in [2.45, 2.75) is 25.3 Å². The summed E-state index contributed by atoms with van der Waals surface area (Å²) in [6, 6.07) is 14.9. The molecule has 1 atom stereocenters. The SMILES string of the molecule is Cn1cncc1-c1cc2nccc(C3CCCN(Cc4ccccc4)C3)n2n1. The molecule has 6 heteroatoms. The van der Waals surface area contributed by atoms with Crippen LogP contribution in [0.15, 0.2) is 61.2 Å². The number of imidazole rings is 1. The van der Waals surface area contributed by atoms with Crippen LogP contribution in [0.1, 0.15) is 30.0 Å². The summed E-state index contributed by atoms with van der Waals surface area (Å²) in [5.41, 5.74) is 5.44. The number of aromatic nitrogens is 5. The minimum Gasteiger partial charge on any atom is -0.332 e. The van der Waals surface area contributed by atoms with E-state index in [1.165, 1.54) is 24.1 Å². The van der Waals surface area contributed by atoms with Gasteiger partial charge in [-0.1, -0.05) is 30.3 Å². The van der Waals surface area contributed by atoms with Crippen molar-refractivity contribution in [2.75, 3.05) is 13.1 Å².